The maximum absolute atomic E-state index is 13.2. The summed E-state index contributed by atoms with van der Waals surface area (Å²) in [7, 11) is 3.13. The summed E-state index contributed by atoms with van der Waals surface area (Å²) in [6.45, 7) is 2.56. The van der Waals surface area contributed by atoms with Gasteiger partial charge in [0.1, 0.15) is 6.04 Å². The van der Waals surface area contributed by atoms with Crippen LogP contribution in [0.4, 0.5) is 10.5 Å². The molecule has 0 aromatic heterocycles. The van der Waals surface area contributed by atoms with Crippen molar-refractivity contribution in [1.82, 2.24) is 10.2 Å². The molecule has 0 radical (unpaired) electrons. The third kappa shape index (κ3) is 4.79. The van der Waals surface area contributed by atoms with Crippen LogP contribution in [0.2, 0.25) is 0 Å². The number of hydrogen-bond acceptors (Lipinski definition) is 5. The fourth-order valence-electron chi connectivity index (χ4n) is 3.63. The largest absolute Gasteiger partial charge is 0.493 e. The highest BCUT2D eigenvalue weighted by Gasteiger charge is 2.46. The van der Waals surface area contributed by atoms with E-state index in [-0.39, 0.29) is 18.9 Å². The highest BCUT2D eigenvalue weighted by Crippen LogP contribution is 2.29. The molecule has 0 bridgehead atoms. The van der Waals surface area contributed by atoms with Crippen molar-refractivity contribution >= 4 is 23.5 Å². The molecule has 4 amide bonds. The Hall–Kier alpha value is -3.55. The van der Waals surface area contributed by atoms with Crippen LogP contribution in [-0.4, -0.2) is 56.1 Å². The second-order valence-electron chi connectivity index (χ2n) is 7.10. The van der Waals surface area contributed by atoms with E-state index >= 15 is 0 Å². The predicted octanol–water partition coefficient (Wildman–Crippen LogP) is 2.61. The number of benzene rings is 2. The molecule has 1 atom stereocenters. The van der Waals surface area contributed by atoms with Crippen LogP contribution >= 0.6 is 0 Å². The highest BCUT2D eigenvalue weighted by molar-refractivity contribution is 6.22. The summed E-state index contributed by atoms with van der Waals surface area (Å²) in [5.74, 6) is 0.547. The van der Waals surface area contributed by atoms with Crippen LogP contribution in [0.15, 0.2) is 48.5 Å². The van der Waals surface area contributed by atoms with Gasteiger partial charge in [0.2, 0.25) is 5.91 Å². The van der Waals surface area contributed by atoms with Gasteiger partial charge >= 0.3 is 6.03 Å². The van der Waals surface area contributed by atoms with Gasteiger partial charge in [0.25, 0.3) is 5.91 Å². The lowest BCUT2D eigenvalue weighted by Crippen LogP contribution is -2.40. The number of carbonyl (C=O) groups excluding carboxylic acids is 3. The number of para-hydroxylation sites is 1. The van der Waals surface area contributed by atoms with Gasteiger partial charge in [0.15, 0.2) is 11.5 Å². The van der Waals surface area contributed by atoms with Gasteiger partial charge in [0.05, 0.1) is 26.3 Å². The van der Waals surface area contributed by atoms with Crippen LogP contribution in [0.5, 0.6) is 11.5 Å². The number of ether oxygens (including phenoxy) is 2. The average molecular weight is 425 g/mol. The molecule has 0 aliphatic carbocycles. The monoisotopic (exact) mass is 425 g/mol. The lowest BCUT2D eigenvalue weighted by Gasteiger charge is -2.21. The van der Waals surface area contributed by atoms with Crippen LogP contribution < -0.4 is 19.7 Å². The number of nitrogens with one attached hydrogen (secondary N) is 1. The average Bonchev–Trinajstić information content (AvgIpc) is 3.01. The Morgan fingerprint density at radius 3 is 2.39 bits per heavy atom. The Morgan fingerprint density at radius 1 is 1.03 bits per heavy atom. The van der Waals surface area contributed by atoms with Gasteiger partial charge in [0, 0.05) is 13.1 Å². The molecule has 2 aromatic rings. The number of urea groups is 1. The molecular weight excluding hydrogens is 398 g/mol. The molecule has 3 rings (SSSR count). The van der Waals surface area contributed by atoms with E-state index in [1.165, 1.54) is 4.90 Å². The number of methoxy groups -OCH3 is 2. The molecule has 1 fully saturated rings. The van der Waals surface area contributed by atoms with Crippen LogP contribution in [0.1, 0.15) is 18.9 Å². The molecule has 0 unspecified atom stereocenters. The minimum Gasteiger partial charge on any atom is -0.493 e. The second kappa shape index (κ2) is 9.97. The summed E-state index contributed by atoms with van der Waals surface area (Å²) < 4.78 is 10.6. The summed E-state index contributed by atoms with van der Waals surface area (Å²) in [5, 5.41) is 2.71. The molecule has 8 heteroatoms. The second-order valence-corrected chi connectivity index (χ2v) is 7.10. The number of imide groups is 1. The number of rotatable bonds is 9. The van der Waals surface area contributed by atoms with Gasteiger partial charge in [-0.3, -0.25) is 9.59 Å². The molecule has 8 nitrogen and oxygen atoms in total. The van der Waals surface area contributed by atoms with Gasteiger partial charge in [-0.2, -0.15) is 0 Å². The first kappa shape index (κ1) is 22.1. The minimum absolute atomic E-state index is 0.0757. The SMILES string of the molecule is CCNC(=O)C[C@H]1C(=O)N(c2ccccc2)C(=O)N1CCc1ccc(OC)c(OC)c1. The fraction of sp³-hybridized carbons (Fsp3) is 0.348. The molecule has 0 spiro atoms. The van der Waals surface area contributed by atoms with Crippen molar-refractivity contribution in [2.75, 3.05) is 32.2 Å². The Morgan fingerprint density at radius 2 is 1.74 bits per heavy atom. The van der Waals surface area contributed by atoms with E-state index in [0.29, 0.717) is 30.2 Å². The molecule has 1 N–H and O–H groups in total. The zero-order chi connectivity index (χ0) is 22.4. The maximum Gasteiger partial charge on any atom is 0.332 e. The number of anilines is 1. The van der Waals surface area contributed by atoms with Crippen molar-refractivity contribution in [2.45, 2.75) is 25.8 Å². The summed E-state index contributed by atoms with van der Waals surface area (Å²) in [6.07, 6.45) is 0.418. The first-order valence-electron chi connectivity index (χ1n) is 10.2. The van der Waals surface area contributed by atoms with E-state index in [0.717, 1.165) is 10.5 Å². The van der Waals surface area contributed by atoms with Crippen molar-refractivity contribution in [3.05, 3.63) is 54.1 Å². The van der Waals surface area contributed by atoms with E-state index in [1.54, 1.807) is 44.6 Å². The minimum atomic E-state index is -0.848. The third-order valence-electron chi connectivity index (χ3n) is 5.18. The smallest absolute Gasteiger partial charge is 0.332 e. The van der Waals surface area contributed by atoms with E-state index in [1.807, 2.05) is 25.1 Å². The van der Waals surface area contributed by atoms with E-state index in [9.17, 15) is 14.4 Å². The highest BCUT2D eigenvalue weighted by atomic mass is 16.5. The van der Waals surface area contributed by atoms with E-state index in [4.69, 9.17) is 9.47 Å². The van der Waals surface area contributed by atoms with Crippen molar-refractivity contribution in [3.8, 4) is 11.5 Å². The molecule has 1 aliphatic rings. The van der Waals surface area contributed by atoms with Crippen LogP contribution in [0, 0.1) is 0 Å². The molecule has 1 saturated heterocycles. The molecule has 1 aliphatic heterocycles. The summed E-state index contributed by atoms with van der Waals surface area (Å²) >= 11 is 0. The summed E-state index contributed by atoms with van der Waals surface area (Å²) in [5.41, 5.74) is 1.42. The normalized spacial score (nSPS) is 15.9. The van der Waals surface area contributed by atoms with E-state index < -0.39 is 18.0 Å². The van der Waals surface area contributed by atoms with Gasteiger partial charge in [-0.1, -0.05) is 24.3 Å². The Bertz CT molecular complexity index is 947. The quantitative estimate of drug-likeness (QED) is 0.624. The Labute approximate surface area is 181 Å². The maximum atomic E-state index is 13.2. The Kier molecular flexibility index (Phi) is 7.12. The van der Waals surface area contributed by atoms with Crippen molar-refractivity contribution < 1.29 is 23.9 Å². The summed E-state index contributed by atoms with van der Waals surface area (Å²) in [6, 6.07) is 13.0. The molecule has 164 valence electrons. The fourth-order valence-corrected chi connectivity index (χ4v) is 3.63. The number of nitrogens with zero attached hydrogens (tertiary/aromatic N) is 2. The van der Waals surface area contributed by atoms with Crippen molar-refractivity contribution in [3.63, 3.8) is 0 Å². The first-order chi connectivity index (χ1) is 15.0. The lowest BCUT2D eigenvalue weighted by molar-refractivity contribution is -0.127. The van der Waals surface area contributed by atoms with Crippen LogP contribution in [0.25, 0.3) is 0 Å². The number of hydrogen-bond donors (Lipinski definition) is 1. The predicted molar refractivity (Wildman–Crippen MR) is 116 cm³/mol. The van der Waals surface area contributed by atoms with E-state index in [2.05, 4.69) is 5.32 Å². The zero-order valence-electron chi connectivity index (χ0n) is 18.0. The van der Waals surface area contributed by atoms with Crippen LogP contribution in [-0.2, 0) is 16.0 Å². The third-order valence-corrected chi connectivity index (χ3v) is 5.18. The lowest BCUT2D eigenvalue weighted by atomic mass is 10.1. The molecule has 2 aromatic carbocycles. The van der Waals surface area contributed by atoms with Gasteiger partial charge in [-0.05, 0) is 43.2 Å². The number of amides is 4. The summed E-state index contributed by atoms with van der Waals surface area (Å²) in [4.78, 5) is 41.1. The van der Waals surface area contributed by atoms with Crippen molar-refractivity contribution in [2.24, 2.45) is 0 Å². The zero-order valence-corrected chi connectivity index (χ0v) is 18.0. The Balaban J connectivity index is 1.83. The number of carbonyl (C=O) groups is 3. The molecule has 0 saturated carbocycles. The first-order valence-corrected chi connectivity index (χ1v) is 10.2. The molecule has 31 heavy (non-hydrogen) atoms. The standard InChI is InChI=1S/C23H27N3O5/c1-4-24-21(27)15-18-22(28)26(17-8-6-5-7-9-17)23(29)25(18)13-12-16-10-11-19(30-2)20(14-16)31-3/h5-11,14,18H,4,12-13,15H2,1-3H3,(H,24,27)/t18-/m0/s1. The van der Waals surface area contributed by atoms with Gasteiger partial charge in [-0.25, -0.2) is 9.69 Å². The van der Waals surface area contributed by atoms with Crippen LogP contribution in [0.3, 0.4) is 0 Å². The van der Waals surface area contributed by atoms with Gasteiger partial charge in [-0.15, -0.1) is 0 Å². The molecule has 1 heterocycles. The topological polar surface area (TPSA) is 88.2 Å². The van der Waals surface area contributed by atoms with Gasteiger partial charge < -0.3 is 19.7 Å². The van der Waals surface area contributed by atoms with Crippen molar-refractivity contribution in [1.29, 1.82) is 0 Å². The molecular formula is C23H27N3O5.